The van der Waals surface area contributed by atoms with Crippen molar-refractivity contribution in [2.45, 2.75) is 20.0 Å². The minimum Gasteiger partial charge on any atom is -0.491 e. The minimum atomic E-state index is -0.306. The van der Waals surface area contributed by atoms with Gasteiger partial charge in [0.05, 0.1) is 11.7 Å². The summed E-state index contributed by atoms with van der Waals surface area (Å²) in [6, 6.07) is 7.40. The number of anilines is 1. The first-order valence-electron chi connectivity index (χ1n) is 6.63. The number of amides is 1. The van der Waals surface area contributed by atoms with Crippen molar-refractivity contribution in [3.63, 3.8) is 0 Å². The number of nitrogens with zero attached hydrogens (tertiary/aromatic N) is 2. The fourth-order valence-corrected chi connectivity index (χ4v) is 1.80. The second-order valence-electron chi connectivity index (χ2n) is 4.76. The maximum Gasteiger partial charge on any atom is 0.256 e. The third-order valence-corrected chi connectivity index (χ3v) is 2.77. The van der Waals surface area contributed by atoms with E-state index in [1.807, 2.05) is 38.1 Å². The maximum absolute atomic E-state index is 11.5. The van der Waals surface area contributed by atoms with Crippen LogP contribution in [0.4, 0.5) is 5.82 Å². The number of nitrogen functional groups attached to an aromatic ring is 1. The number of carbonyl (C=O) groups excluding carboxylic acids is 1. The number of hydrogen-bond acceptors (Lipinski definition) is 5. The van der Waals surface area contributed by atoms with Gasteiger partial charge in [0.1, 0.15) is 11.6 Å². The van der Waals surface area contributed by atoms with E-state index in [2.05, 4.69) is 15.3 Å². The molecule has 1 aromatic heterocycles. The highest BCUT2D eigenvalue weighted by atomic mass is 16.5. The summed E-state index contributed by atoms with van der Waals surface area (Å²) in [5.41, 5.74) is 6.87. The standard InChI is InChI=1S/C15H18N4O2/c1-9(2)21-11-6-4-10(5-7-11)14-18-8-12(13(16)19-14)15(20)17-3/h4-9H,1-3H3,(H,17,20)(H2,16,18,19). The Bertz CT molecular complexity index is 639. The van der Waals surface area contributed by atoms with Crippen molar-refractivity contribution in [2.75, 3.05) is 12.8 Å². The van der Waals surface area contributed by atoms with Crippen molar-refractivity contribution in [2.24, 2.45) is 0 Å². The molecule has 0 atom stereocenters. The van der Waals surface area contributed by atoms with Crippen LogP contribution in [-0.2, 0) is 0 Å². The molecule has 3 N–H and O–H groups in total. The molecule has 0 aliphatic carbocycles. The van der Waals surface area contributed by atoms with Gasteiger partial charge in [0, 0.05) is 18.8 Å². The number of benzene rings is 1. The van der Waals surface area contributed by atoms with E-state index >= 15 is 0 Å². The van der Waals surface area contributed by atoms with Crippen molar-refractivity contribution >= 4 is 11.7 Å². The van der Waals surface area contributed by atoms with Gasteiger partial charge in [0.2, 0.25) is 0 Å². The van der Waals surface area contributed by atoms with Gasteiger partial charge in [-0.05, 0) is 38.1 Å². The van der Waals surface area contributed by atoms with Crippen molar-refractivity contribution in [3.8, 4) is 17.1 Å². The Hall–Kier alpha value is -2.63. The lowest BCUT2D eigenvalue weighted by molar-refractivity contribution is 0.0963. The van der Waals surface area contributed by atoms with Crippen molar-refractivity contribution < 1.29 is 9.53 Å². The van der Waals surface area contributed by atoms with Gasteiger partial charge in [-0.3, -0.25) is 4.79 Å². The average Bonchev–Trinajstić information content (AvgIpc) is 2.46. The smallest absolute Gasteiger partial charge is 0.256 e. The van der Waals surface area contributed by atoms with Crippen LogP contribution in [0.3, 0.4) is 0 Å². The fourth-order valence-electron chi connectivity index (χ4n) is 1.80. The second-order valence-corrected chi connectivity index (χ2v) is 4.76. The molecule has 21 heavy (non-hydrogen) atoms. The molecule has 0 radical (unpaired) electrons. The van der Waals surface area contributed by atoms with E-state index in [-0.39, 0.29) is 23.4 Å². The average molecular weight is 286 g/mol. The van der Waals surface area contributed by atoms with E-state index in [1.165, 1.54) is 13.2 Å². The Labute approximate surface area is 123 Å². The number of ether oxygens (including phenoxy) is 1. The monoisotopic (exact) mass is 286 g/mol. The van der Waals surface area contributed by atoms with Crippen molar-refractivity contribution in [1.29, 1.82) is 0 Å². The molecule has 110 valence electrons. The molecule has 6 heteroatoms. The number of nitrogens with two attached hydrogens (primary N) is 1. The lowest BCUT2D eigenvalue weighted by Gasteiger charge is -2.10. The van der Waals surface area contributed by atoms with Gasteiger partial charge < -0.3 is 15.8 Å². The fraction of sp³-hybridized carbons (Fsp3) is 0.267. The molecule has 2 aromatic rings. The van der Waals surface area contributed by atoms with Gasteiger partial charge in [-0.15, -0.1) is 0 Å². The number of nitrogens with one attached hydrogen (secondary N) is 1. The molecule has 0 spiro atoms. The number of carbonyl (C=O) groups is 1. The molecule has 1 amide bonds. The summed E-state index contributed by atoms with van der Waals surface area (Å²) in [5.74, 6) is 1.10. The third-order valence-electron chi connectivity index (χ3n) is 2.77. The number of rotatable bonds is 4. The van der Waals surface area contributed by atoms with Crippen LogP contribution in [0, 0.1) is 0 Å². The lowest BCUT2D eigenvalue weighted by Crippen LogP contribution is -2.20. The highest BCUT2D eigenvalue weighted by Crippen LogP contribution is 2.21. The second kappa shape index (κ2) is 6.21. The summed E-state index contributed by atoms with van der Waals surface area (Å²) in [5, 5.41) is 2.49. The minimum absolute atomic E-state index is 0.120. The molecule has 1 heterocycles. The topological polar surface area (TPSA) is 90.1 Å². The molecule has 2 rings (SSSR count). The first-order chi connectivity index (χ1) is 10.0. The zero-order valence-corrected chi connectivity index (χ0v) is 12.3. The molecule has 0 bridgehead atoms. The molecule has 0 aliphatic heterocycles. The molecule has 0 unspecified atom stereocenters. The van der Waals surface area contributed by atoms with E-state index in [0.29, 0.717) is 5.82 Å². The summed E-state index contributed by atoms with van der Waals surface area (Å²) in [7, 11) is 1.53. The van der Waals surface area contributed by atoms with E-state index < -0.39 is 0 Å². The van der Waals surface area contributed by atoms with Gasteiger partial charge in [-0.1, -0.05) is 0 Å². The van der Waals surface area contributed by atoms with Crippen LogP contribution in [0.2, 0.25) is 0 Å². The molecule has 6 nitrogen and oxygen atoms in total. The largest absolute Gasteiger partial charge is 0.491 e. The predicted molar refractivity (Wildman–Crippen MR) is 81.0 cm³/mol. The van der Waals surface area contributed by atoms with Crippen LogP contribution in [0.15, 0.2) is 30.5 Å². The summed E-state index contributed by atoms with van der Waals surface area (Å²) in [6.07, 6.45) is 1.55. The summed E-state index contributed by atoms with van der Waals surface area (Å²) < 4.78 is 5.58. The molecule has 0 aliphatic rings. The Kier molecular flexibility index (Phi) is 4.37. The maximum atomic E-state index is 11.5. The van der Waals surface area contributed by atoms with Gasteiger partial charge in [0.25, 0.3) is 5.91 Å². The first-order valence-corrected chi connectivity index (χ1v) is 6.63. The lowest BCUT2D eigenvalue weighted by atomic mass is 10.2. The van der Waals surface area contributed by atoms with Crippen LogP contribution in [0.1, 0.15) is 24.2 Å². The van der Waals surface area contributed by atoms with Gasteiger partial charge in [0.15, 0.2) is 5.82 Å². The van der Waals surface area contributed by atoms with Gasteiger partial charge in [-0.2, -0.15) is 0 Å². The van der Waals surface area contributed by atoms with Crippen LogP contribution < -0.4 is 15.8 Å². The van der Waals surface area contributed by atoms with Gasteiger partial charge in [-0.25, -0.2) is 9.97 Å². The molecule has 0 fully saturated rings. The van der Waals surface area contributed by atoms with E-state index in [4.69, 9.17) is 10.5 Å². The summed E-state index contributed by atoms with van der Waals surface area (Å²) in [4.78, 5) is 19.9. The van der Waals surface area contributed by atoms with E-state index in [1.54, 1.807) is 0 Å². The molecule has 1 aromatic carbocycles. The number of aromatic nitrogens is 2. The number of hydrogen-bond donors (Lipinski definition) is 2. The molecule has 0 saturated heterocycles. The Balaban J connectivity index is 2.26. The molecular formula is C15H18N4O2. The van der Waals surface area contributed by atoms with Gasteiger partial charge >= 0.3 is 0 Å². The Morgan fingerprint density at radius 3 is 2.48 bits per heavy atom. The Morgan fingerprint density at radius 1 is 1.29 bits per heavy atom. The zero-order chi connectivity index (χ0) is 15.4. The van der Waals surface area contributed by atoms with Crippen LogP contribution in [0.25, 0.3) is 11.4 Å². The van der Waals surface area contributed by atoms with Crippen molar-refractivity contribution in [1.82, 2.24) is 15.3 Å². The zero-order valence-electron chi connectivity index (χ0n) is 12.3. The van der Waals surface area contributed by atoms with Crippen LogP contribution in [0.5, 0.6) is 5.75 Å². The quantitative estimate of drug-likeness (QED) is 0.895. The summed E-state index contributed by atoms with van der Waals surface area (Å²) >= 11 is 0. The summed E-state index contributed by atoms with van der Waals surface area (Å²) in [6.45, 7) is 3.93. The van der Waals surface area contributed by atoms with Crippen molar-refractivity contribution in [3.05, 3.63) is 36.0 Å². The normalized spacial score (nSPS) is 10.5. The highest BCUT2D eigenvalue weighted by molar-refractivity contribution is 5.98. The van der Waals surface area contributed by atoms with Crippen LogP contribution in [-0.4, -0.2) is 29.0 Å². The van der Waals surface area contributed by atoms with E-state index in [9.17, 15) is 4.79 Å². The first kappa shape index (κ1) is 14.8. The van der Waals surface area contributed by atoms with E-state index in [0.717, 1.165) is 11.3 Å². The molecular weight excluding hydrogens is 268 g/mol. The SMILES string of the molecule is CNC(=O)c1cnc(-c2ccc(OC(C)C)cc2)nc1N. The predicted octanol–water partition coefficient (Wildman–Crippen LogP) is 1.87. The highest BCUT2D eigenvalue weighted by Gasteiger charge is 2.12. The third kappa shape index (κ3) is 3.47. The van der Waals surface area contributed by atoms with Crippen LogP contribution >= 0.6 is 0 Å². The Morgan fingerprint density at radius 2 is 1.95 bits per heavy atom. The molecule has 0 saturated carbocycles.